The first-order chi connectivity index (χ1) is 9.56. The fourth-order valence-electron chi connectivity index (χ4n) is 2.03. The molecule has 4 heteroatoms. The zero-order chi connectivity index (χ0) is 14.5. The molecule has 2 rings (SSSR count). The van der Waals surface area contributed by atoms with Gasteiger partial charge in [-0.05, 0) is 48.2 Å². The molecule has 1 unspecified atom stereocenters. The summed E-state index contributed by atoms with van der Waals surface area (Å²) in [6.07, 6.45) is 3.99. The van der Waals surface area contributed by atoms with E-state index in [0.717, 1.165) is 21.3 Å². The number of benzene rings is 1. The van der Waals surface area contributed by atoms with Gasteiger partial charge in [0.15, 0.2) is 0 Å². The molecule has 1 N–H and O–H groups in total. The minimum atomic E-state index is 0.0202. The molecule has 0 spiro atoms. The van der Waals surface area contributed by atoms with Crippen molar-refractivity contribution in [2.75, 3.05) is 5.32 Å². The van der Waals surface area contributed by atoms with E-state index in [-0.39, 0.29) is 11.8 Å². The normalized spacial score (nSPS) is 11.9. The van der Waals surface area contributed by atoms with Crippen LogP contribution in [0.25, 0.3) is 0 Å². The third kappa shape index (κ3) is 3.90. The second-order valence-corrected chi connectivity index (χ2v) is 5.81. The molecule has 1 atom stereocenters. The number of aromatic nitrogens is 1. The number of nitrogens with one attached hydrogen (secondary N) is 1. The van der Waals surface area contributed by atoms with E-state index in [1.807, 2.05) is 50.4 Å². The average molecular weight is 333 g/mol. The highest BCUT2D eigenvalue weighted by Gasteiger charge is 2.12. The van der Waals surface area contributed by atoms with Gasteiger partial charge in [0.1, 0.15) is 0 Å². The van der Waals surface area contributed by atoms with E-state index in [1.165, 1.54) is 0 Å². The predicted molar refractivity (Wildman–Crippen MR) is 84.8 cm³/mol. The quantitative estimate of drug-likeness (QED) is 0.907. The van der Waals surface area contributed by atoms with Crippen molar-refractivity contribution in [1.82, 2.24) is 4.98 Å². The molecule has 1 heterocycles. The molecule has 2 aromatic rings. The van der Waals surface area contributed by atoms with E-state index in [0.29, 0.717) is 6.42 Å². The highest BCUT2D eigenvalue weighted by Crippen LogP contribution is 2.22. The molecule has 104 valence electrons. The SMILES string of the molecule is Cc1cc(Br)ccc1NC(=O)CC(C)c1cccnc1. The van der Waals surface area contributed by atoms with Gasteiger partial charge in [0.2, 0.25) is 5.91 Å². The van der Waals surface area contributed by atoms with Crippen LogP contribution in [0.5, 0.6) is 0 Å². The predicted octanol–water partition coefficient (Wildman–Crippen LogP) is 4.28. The van der Waals surface area contributed by atoms with Gasteiger partial charge < -0.3 is 5.32 Å². The fourth-order valence-corrected chi connectivity index (χ4v) is 2.51. The first kappa shape index (κ1) is 14.7. The van der Waals surface area contributed by atoms with Gasteiger partial charge in [-0.15, -0.1) is 0 Å². The molecule has 1 aromatic carbocycles. The van der Waals surface area contributed by atoms with Crippen molar-refractivity contribution in [2.24, 2.45) is 0 Å². The number of carbonyl (C=O) groups excluding carboxylic acids is 1. The fraction of sp³-hybridized carbons (Fsp3) is 0.250. The van der Waals surface area contributed by atoms with E-state index in [2.05, 4.69) is 26.2 Å². The van der Waals surface area contributed by atoms with Gasteiger partial charge in [-0.1, -0.05) is 28.9 Å². The lowest BCUT2D eigenvalue weighted by molar-refractivity contribution is -0.116. The number of nitrogens with zero attached hydrogens (tertiary/aromatic N) is 1. The smallest absolute Gasteiger partial charge is 0.224 e. The molecule has 0 aliphatic carbocycles. The van der Waals surface area contributed by atoms with Crippen LogP contribution >= 0.6 is 15.9 Å². The van der Waals surface area contributed by atoms with Crippen LogP contribution in [-0.4, -0.2) is 10.9 Å². The Morgan fingerprint density at radius 2 is 2.20 bits per heavy atom. The molecule has 1 aromatic heterocycles. The Bertz CT molecular complexity index is 599. The number of anilines is 1. The first-order valence-electron chi connectivity index (χ1n) is 6.52. The summed E-state index contributed by atoms with van der Waals surface area (Å²) in [5.74, 6) is 0.172. The van der Waals surface area contributed by atoms with E-state index < -0.39 is 0 Å². The summed E-state index contributed by atoms with van der Waals surface area (Å²) in [7, 11) is 0. The highest BCUT2D eigenvalue weighted by molar-refractivity contribution is 9.10. The molecular formula is C16H17BrN2O. The minimum Gasteiger partial charge on any atom is -0.326 e. The molecule has 0 bridgehead atoms. The Morgan fingerprint density at radius 3 is 2.85 bits per heavy atom. The van der Waals surface area contributed by atoms with Gasteiger partial charge >= 0.3 is 0 Å². The van der Waals surface area contributed by atoms with Gasteiger partial charge in [-0.3, -0.25) is 9.78 Å². The van der Waals surface area contributed by atoms with E-state index in [1.54, 1.807) is 6.20 Å². The standard InChI is InChI=1S/C16H17BrN2O/c1-11(13-4-3-7-18-10-13)9-16(20)19-15-6-5-14(17)8-12(15)2/h3-8,10-11H,9H2,1-2H3,(H,19,20). The lowest BCUT2D eigenvalue weighted by atomic mass is 9.99. The molecule has 20 heavy (non-hydrogen) atoms. The van der Waals surface area contributed by atoms with Crippen molar-refractivity contribution >= 4 is 27.5 Å². The van der Waals surface area contributed by atoms with Gasteiger partial charge in [-0.2, -0.15) is 0 Å². The number of pyridine rings is 1. The van der Waals surface area contributed by atoms with E-state index in [9.17, 15) is 4.79 Å². The largest absolute Gasteiger partial charge is 0.326 e. The zero-order valence-corrected chi connectivity index (χ0v) is 13.1. The van der Waals surface area contributed by atoms with Gasteiger partial charge in [0, 0.05) is 29.0 Å². The summed E-state index contributed by atoms with van der Waals surface area (Å²) >= 11 is 3.41. The molecular weight excluding hydrogens is 316 g/mol. The monoisotopic (exact) mass is 332 g/mol. The third-order valence-corrected chi connectivity index (χ3v) is 3.70. The maximum absolute atomic E-state index is 12.1. The molecule has 0 radical (unpaired) electrons. The van der Waals surface area contributed by atoms with Crippen molar-refractivity contribution in [3.8, 4) is 0 Å². The van der Waals surface area contributed by atoms with E-state index in [4.69, 9.17) is 0 Å². The molecule has 3 nitrogen and oxygen atoms in total. The maximum Gasteiger partial charge on any atom is 0.224 e. The molecule has 1 amide bonds. The molecule has 0 aliphatic heterocycles. The minimum absolute atomic E-state index is 0.0202. The lowest BCUT2D eigenvalue weighted by Gasteiger charge is -2.13. The Labute approximate surface area is 127 Å². The highest BCUT2D eigenvalue weighted by atomic mass is 79.9. The number of hydrogen-bond acceptors (Lipinski definition) is 2. The van der Waals surface area contributed by atoms with Gasteiger partial charge in [0.05, 0.1) is 0 Å². The molecule has 0 saturated heterocycles. The summed E-state index contributed by atoms with van der Waals surface area (Å²) < 4.78 is 1.01. The van der Waals surface area contributed by atoms with Crippen LogP contribution in [0.2, 0.25) is 0 Å². The van der Waals surface area contributed by atoms with Gasteiger partial charge in [0.25, 0.3) is 0 Å². The molecule has 0 aliphatic rings. The van der Waals surface area contributed by atoms with Crippen LogP contribution in [0, 0.1) is 6.92 Å². The summed E-state index contributed by atoms with van der Waals surface area (Å²) in [6.45, 7) is 4.01. The Hall–Kier alpha value is -1.68. The summed E-state index contributed by atoms with van der Waals surface area (Å²) in [5, 5.41) is 2.96. The van der Waals surface area contributed by atoms with Crippen molar-refractivity contribution < 1.29 is 4.79 Å². The number of rotatable bonds is 4. The second-order valence-electron chi connectivity index (χ2n) is 4.90. The zero-order valence-electron chi connectivity index (χ0n) is 11.6. The Morgan fingerprint density at radius 1 is 1.40 bits per heavy atom. The van der Waals surface area contributed by atoms with Crippen molar-refractivity contribution in [2.45, 2.75) is 26.2 Å². The van der Waals surface area contributed by atoms with Crippen molar-refractivity contribution in [1.29, 1.82) is 0 Å². The maximum atomic E-state index is 12.1. The van der Waals surface area contributed by atoms with Crippen molar-refractivity contribution in [3.63, 3.8) is 0 Å². The summed E-state index contributed by atoms with van der Waals surface area (Å²) in [5.41, 5.74) is 2.98. The van der Waals surface area contributed by atoms with Crippen LogP contribution < -0.4 is 5.32 Å². The summed E-state index contributed by atoms with van der Waals surface area (Å²) in [6, 6.07) is 9.71. The van der Waals surface area contributed by atoms with E-state index >= 15 is 0 Å². The van der Waals surface area contributed by atoms with Gasteiger partial charge in [-0.25, -0.2) is 0 Å². The second kappa shape index (κ2) is 6.66. The molecule has 0 saturated carbocycles. The van der Waals surface area contributed by atoms with Crippen LogP contribution in [0.4, 0.5) is 5.69 Å². The number of amides is 1. The van der Waals surface area contributed by atoms with Crippen LogP contribution in [0.15, 0.2) is 47.2 Å². The number of hydrogen-bond donors (Lipinski definition) is 1. The first-order valence-corrected chi connectivity index (χ1v) is 7.31. The Balaban J connectivity index is 1.99. The Kier molecular flexibility index (Phi) is 4.90. The number of carbonyl (C=O) groups is 1. The number of aryl methyl sites for hydroxylation is 1. The van der Waals surface area contributed by atoms with Crippen LogP contribution in [0.1, 0.15) is 30.4 Å². The topological polar surface area (TPSA) is 42.0 Å². The summed E-state index contributed by atoms with van der Waals surface area (Å²) in [4.78, 5) is 16.2. The molecule has 0 fully saturated rings. The lowest BCUT2D eigenvalue weighted by Crippen LogP contribution is -2.15. The third-order valence-electron chi connectivity index (χ3n) is 3.21. The average Bonchev–Trinajstić information content (AvgIpc) is 2.43. The van der Waals surface area contributed by atoms with Crippen LogP contribution in [-0.2, 0) is 4.79 Å². The van der Waals surface area contributed by atoms with Crippen LogP contribution in [0.3, 0.4) is 0 Å². The van der Waals surface area contributed by atoms with Crippen molar-refractivity contribution in [3.05, 3.63) is 58.3 Å². The number of halogens is 1.